The first-order chi connectivity index (χ1) is 11.4. The number of methoxy groups -OCH3 is 2. The average Bonchev–Trinajstić information content (AvgIpc) is 2.87. The van der Waals surface area contributed by atoms with Gasteiger partial charge in [0, 0.05) is 11.6 Å². The van der Waals surface area contributed by atoms with E-state index in [1.54, 1.807) is 0 Å². The number of ether oxygens (including phenoxy) is 2. The summed E-state index contributed by atoms with van der Waals surface area (Å²) in [7, 11) is 2.81. The third-order valence-electron chi connectivity index (χ3n) is 2.98. The van der Waals surface area contributed by atoms with Crippen LogP contribution in [0.2, 0.25) is 0 Å². The Morgan fingerprint density at radius 1 is 1.42 bits per heavy atom. The van der Waals surface area contributed by atoms with Gasteiger partial charge in [-0.25, -0.2) is 4.39 Å². The number of halogens is 1. The van der Waals surface area contributed by atoms with Gasteiger partial charge < -0.3 is 19.9 Å². The lowest BCUT2D eigenvalue weighted by molar-refractivity contribution is -0.138. The Morgan fingerprint density at radius 3 is 2.71 bits per heavy atom. The number of hydrogen-bond donors (Lipinski definition) is 2. The Balaban J connectivity index is 2.12. The normalized spacial score (nSPS) is 18.9. The molecule has 1 unspecified atom stereocenters. The Kier molecular flexibility index (Phi) is 5.74. The van der Waals surface area contributed by atoms with Crippen molar-refractivity contribution in [2.45, 2.75) is 11.7 Å². The Bertz CT molecular complexity index is 723. The fourth-order valence-corrected chi connectivity index (χ4v) is 2.77. The highest BCUT2D eigenvalue weighted by molar-refractivity contribution is 8.15. The fourth-order valence-electron chi connectivity index (χ4n) is 1.86. The average molecular weight is 355 g/mol. The van der Waals surface area contributed by atoms with Crippen molar-refractivity contribution >= 4 is 35.0 Å². The van der Waals surface area contributed by atoms with Crippen LogP contribution < -0.4 is 14.8 Å². The zero-order valence-corrected chi connectivity index (χ0v) is 13.6. The Hall–Kier alpha value is -2.62. The molecule has 1 aromatic rings. The standard InChI is InChI=1S/C14H14FN3O5S/c1-22-9-3-7(8(15)4-10(9)23-2)6-16-18-14-17-13(21)11(24-14)5-12(19)20/h3-4,6,11H,5H2,1-2H3,(H,19,20)(H,17,18,21). The van der Waals surface area contributed by atoms with Crippen molar-refractivity contribution < 1.29 is 28.6 Å². The maximum absolute atomic E-state index is 13.9. The summed E-state index contributed by atoms with van der Waals surface area (Å²) in [6, 6.07) is 2.55. The van der Waals surface area contributed by atoms with Crippen LogP contribution in [0.3, 0.4) is 0 Å². The number of aliphatic carboxylic acids is 1. The van der Waals surface area contributed by atoms with Crippen molar-refractivity contribution in [2.24, 2.45) is 10.2 Å². The van der Waals surface area contributed by atoms with E-state index >= 15 is 0 Å². The number of carboxylic acids is 1. The van der Waals surface area contributed by atoms with E-state index < -0.39 is 22.9 Å². The van der Waals surface area contributed by atoms with Crippen molar-refractivity contribution in [3.63, 3.8) is 0 Å². The van der Waals surface area contributed by atoms with Gasteiger partial charge in [0.1, 0.15) is 11.1 Å². The van der Waals surface area contributed by atoms with Gasteiger partial charge in [-0.3, -0.25) is 9.59 Å². The number of benzene rings is 1. The molecule has 24 heavy (non-hydrogen) atoms. The molecule has 1 saturated heterocycles. The Morgan fingerprint density at radius 2 is 2.08 bits per heavy atom. The predicted molar refractivity (Wildman–Crippen MR) is 86.3 cm³/mol. The second kappa shape index (κ2) is 7.77. The number of amides is 1. The van der Waals surface area contributed by atoms with Gasteiger partial charge in [0.25, 0.3) is 0 Å². The molecule has 1 aliphatic heterocycles. The fraction of sp³-hybridized carbons (Fsp3) is 0.286. The van der Waals surface area contributed by atoms with Crippen LogP contribution in [0.5, 0.6) is 11.5 Å². The minimum atomic E-state index is -1.08. The number of carbonyl (C=O) groups is 2. The maximum Gasteiger partial charge on any atom is 0.305 e. The molecule has 2 N–H and O–H groups in total. The van der Waals surface area contributed by atoms with Crippen molar-refractivity contribution in [3.05, 3.63) is 23.5 Å². The van der Waals surface area contributed by atoms with Crippen LogP contribution >= 0.6 is 11.8 Å². The maximum atomic E-state index is 13.9. The monoisotopic (exact) mass is 355 g/mol. The van der Waals surface area contributed by atoms with E-state index in [9.17, 15) is 14.0 Å². The molecule has 1 atom stereocenters. The van der Waals surface area contributed by atoms with Gasteiger partial charge >= 0.3 is 5.97 Å². The number of carboxylic acid groups (broad SMARTS) is 1. The van der Waals surface area contributed by atoms with Crippen molar-refractivity contribution in [1.82, 2.24) is 5.32 Å². The summed E-state index contributed by atoms with van der Waals surface area (Å²) in [5, 5.41) is 18.0. The van der Waals surface area contributed by atoms with Crippen LogP contribution in [0.4, 0.5) is 4.39 Å². The summed E-state index contributed by atoms with van der Waals surface area (Å²) < 4.78 is 24.0. The first-order valence-electron chi connectivity index (χ1n) is 6.66. The van der Waals surface area contributed by atoms with E-state index in [1.165, 1.54) is 20.3 Å². The van der Waals surface area contributed by atoms with Gasteiger partial charge in [0.05, 0.1) is 26.9 Å². The lowest BCUT2D eigenvalue weighted by atomic mass is 10.2. The number of nitrogens with one attached hydrogen (secondary N) is 1. The van der Waals surface area contributed by atoms with Crippen LogP contribution in [0, 0.1) is 5.82 Å². The molecule has 10 heteroatoms. The highest BCUT2D eigenvalue weighted by Gasteiger charge is 2.32. The lowest BCUT2D eigenvalue weighted by Crippen LogP contribution is -2.26. The van der Waals surface area contributed by atoms with Crippen LogP contribution in [-0.4, -0.2) is 47.8 Å². The van der Waals surface area contributed by atoms with E-state index in [0.29, 0.717) is 5.75 Å². The van der Waals surface area contributed by atoms with Crippen LogP contribution in [0.25, 0.3) is 0 Å². The molecule has 0 aliphatic carbocycles. The summed E-state index contributed by atoms with van der Waals surface area (Å²) in [4.78, 5) is 22.2. The second-order valence-corrected chi connectivity index (χ2v) is 5.76. The van der Waals surface area contributed by atoms with Gasteiger partial charge in [0.15, 0.2) is 16.7 Å². The quantitative estimate of drug-likeness (QED) is 0.587. The second-order valence-electron chi connectivity index (χ2n) is 4.57. The predicted octanol–water partition coefficient (Wildman–Crippen LogP) is 1.24. The van der Waals surface area contributed by atoms with Crippen molar-refractivity contribution in [3.8, 4) is 11.5 Å². The number of thioether (sulfide) groups is 1. The summed E-state index contributed by atoms with van der Waals surface area (Å²) in [6.45, 7) is 0. The molecule has 0 radical (unpaired) electrons. The molecule has 8 nitrogen and oxygen atoms in total. The van der Waals surface area contributed by atoms with Crippen molar-refractivity contribution in [2.75, 3.05) is 14.2 Å². The van der Waals surface area contributed by atoms with E-state index in [0.717, 1.165) is 24.0 Å². The molecule has 1 heterocycles. The highest BCUT2D eigenvalue weighted by atomic mass is 32.2. The molecule has 0 saturated carbocycles. The Labute approximate surface area is 140 Å². The number of nitrogens with zero attached hydrogens (tertiary/aromatic N) is 2. The number of rotatable bonds is 6. The summed E-state index contributed by atoms with van der Waals surface area (Å²) in [5.74, 6) is -1.54. The molecule has 128 valence electrons. The van der Waals surface area contributed by atoms with Crippen molar-refractivity contribution in [1.29, 1.82) is 0 Å². The SMILES string of the molecule is COc1cc(F)c(C=NN=C2NC(=O)C(CC(=O)O)S2)cc1OC. The molecule has 0 spiro atoms. The lowest BCUT2D eigenvalue weighted by Gasteiger charge is -2.08. The minimum Gasteiger partial charge on any atom is -0.493 e. The third-order valence-corrected chi connectivity index (χ3v) is 4.06. The van der Waals surface area contributed by atoms with E-state index in [1.807, 2.05) is 0 Å². The van der Waals surface area contributed by atoms with Gasteiger partial charge in [-0.2, -0.15) is 5.10 Å². The van der Waals surface area contributed by atoms with E-state index in [4.69, 9.17) is 14.6 Å². The molecular weight excluding hydrogens is 341 g/mol. The summed E-state index contributed by atoms with van der Waals surface area (Å²) in [5.41, 5.74) is 0.119. The highest BCUT2D eigenvalue weighted by Crippen LogP contribution is 2.29. The van der Waals surface area contributed by atoms with Gasteiger partial charge in [-0.05, 0) is 6.07 Å². The summed E-state index contributed by atoms with van der Waals surface area (Å²) >= 11 is 0.956. The zero-order chi connectivity index (χ0) is 17.7. The van der Waals surface area contributed by atoms with Crippen LogP contribution in [0.1, 0.15) is 12.0 Å². The molecular formula is C14H14FN3O5S. The van der Waals surface area contributed by atoms with E-state index in [2.05, 4.69) is 15.5 Å². The van der Waals surface area contributed by atoms with Crippen LogP contribution in [-0.2, 0) is 9.59 Å². The number of amidine groups is 1. The topological polar surface area (TPSA) is 110 Å². The molecule has 1 aromatic carbocycles. The molecule has 0 bridgehead atoms. The minimum absolute atomic E-state index is 0.119. The first-order valence-corrected chi connectivity index (χ1v) is 7.54. The first kappa shape index (κ1) is 17.7. The number of hydrogen-bond acceptors (Lipinski definition) is 7. The largest absolute Gasteiger partial charge is 0.493 e. The zero-order valence-electron chi connectivity index (χ0n) is 12.8. The third kappa shape index (κ3) is 4.22. The van der Waals surface area contributed by atoms with Gasteiger partial charge in [-0.15, -0.1) is 5.10 Å². The molecule has 2 rings (SSSR count). The summed E-state index contributed by atoms with van der Waals surface area (Å²) in [6.07, 6.45) is 0.838. The van der Waals surface area contributed by atoms with Gasteiger partial charge in [0.2, 0.25) is 5.91 Å². The smallest absolute Gasteiger partial charge is 0.305 e. The molecule has 0 aromatic heterocycles. The molecule has 1 amide bonds. The van der Waals surface area contributed by atoms with E-state index in [-0.39, 0.29) is 22.9 Å². The molecule has 1 aliphatic rings. The van der Waals surface area contributed by atoms with Crippen LogP contribution in [0.15, 0.2) is 22.3 Å². The van der Waals surface area contributed by atoms with Gasteiger partial charge in [-0.1, -0.05) is 11.8 Å². The number of carbonyl (C=O) groups excluding carboxylic acids is 1. The molecule has 1 fully saturated rings.